The minimum absolute atomic E-state index is 0.0483. The molecule has 3 heterocycles. The molecule has 1 aliphatic heterocycles. The van der Waals surface area contributed by atoms with Crippen LogP contribution in [0.2, 0.25) is 10.0 Å². The van der Waals surface area contributed by atoms with E-state index in [0.29, 0.717) is 51.7 Å². The first-order chi connectivity index (χ1) is 19.0. The van der Waals surface area contributed by atoms with E-state index in [1.807, 2.05) is 0 Å². The number of halogens is 2. The molecule has 1 fully saturated rings. The fourth-order valence-electron chi connectivity index (χ4n) is 4.80. The zero-order chi connectivity index (χ0) is 28.6. The van der Waals surface area contributed by atoms with Crippen molar-refractivity contribution >= 4 is 61.5 Å². The lowest BCUT2D eigenvalue weighted by molar-refractivity contribution is 0.0695. The number of rotatable bonds is 8. The van der Waals surface area contributed by atoms with Crippen LogP contribution in [0.25, 0.3) is 16.6 Å². The van der Waals surface area contributed by atoms with Crippen LogP contribution in [0.1, 0.15) is 23.2 Å². The molecule has 10 nitrogen and oxygen atoms in total. The van der Waals surface area contributed by atoms with E-state index in [2.05, 4.69) is 14.6 Å². The molecule has 0 unspecified atom stereocenters. The van der Waals surface area contributed by atoms with E-state index < -0.39 is 27.0 Å². The van der Waals surface area contributed by atoms with Gasteiger partial charge in [-0.2, -0.15) is 0 Å². The summed E-state index contributed by atoms with van der Waals surface area (Å²) >= 11 is 12.9. The number of hydrogen-bond acceptors (Lipinski definition) is 7. The van der Waals surface area contributed by atoms with Gasteiger partial charge in [0, 0.05) is 35.7 Å². The summed E-state index contributed by atoms with van der Waals surface area (Å²) in [4.78, 5) is 31.3. The van der Waals surface area contributed by atoms with Crippen LogP contribution in [0.4, 0.5) is 11.4 Å². The van der Waals surface area contributed by atoms with E-state index >= 15 is 0 Å². The highest BCUT2D eigenvalue weighted by Crippen LogP contribution is 2.36. The smallest absolute Gasteiger partial charge is 0.341 e. The minimum Gasteiger partial charge on any atom is -0.477 e. The molecule has 2 aromatic heterocycles. The monoisotopic (exact) mass is 602 g/mol. The number of anilines is 2. The quantitative estimate of drug-likeness (QED) is 0.294. The first kappa shape index (κ1) is 27.8. The molecular formula is C27H24Cl2N4O6S. The molecular weight excluding hydrogens is 579 g/mol. The summed E-state index contributed by atoms with van der Waals surface area (Å²) in [6.45, 7) is 1.00. The maximum atomic E-state index is 13.1. The van der Waals surface area contributed by atoms with Gasteiger partial charge in [-0.15, -0.1) is 0 Å². The molecule has 0 amide bonds. The van der Waals surface area contributed by atoms with Crippen molar-refractivity contribution in [2.45, 2.75) is 18.9 Å². The molecule has 1 saturated heterocycles. The molecule has 208 valence electrons. The van der Waals surface area contributed by atoms with Crippen LogP contribution in [0.15, 0.2) is 65.7 Å². The van der Waals surface area contributed by atoms with Crippen molar-refractivity contribution in [2.75, 3.05) is 29.0 Å². The number of nitrogens with zero attached hydrogens (tertiary/aromatic N) is 3. The molecule has 1 atom stereocenters. The molecule has 40 heavy (non-hydrogen) atoms. The summed E-state index contributed by atoms with van der Waals surface area (Å²) in [5.74, 6) is -1.04. The Hall–Kier alpha value is -3.80. The zero-order valence-corrected chi connectivity index (χ0v) is 23.5. The van der Waals surface area contributed by atoms with Crippen molar-refractivity contribution < 1.29 is 23.1 Å². The standard InChI is InChI=1S/C27H24Cl2N4O6S/c1-40(37,38)31-16-6-8-17(9-7-16)33-14-20(27(35)36)25(34)19-12-22(29)24(13-23(19)33)32-11-3-4-18(32)15-39-26-21(28)5-2-10-30-26/h2,5-10,12-14,18,31H,3-4,11,15H2,1H3,(H,35,36)/t18-/m1/s1. The Balaban J connectivity index is 1.57. The highest BCUT2D eigenvalue weighted by atomic mass is 35.5. The largest absolute Gasteiger partial charge is 0.477 e. The van der Waals surface area contributed by atoms with Gasteiger partial charge in [-0.3, -0.25) is 9.52 Å². The van der Waals surface area contributed by atoms with E-state index in [0.717, 1.165) is 19.1 Å². The van der Waals surface area contributed by atoms with Gasteiger partial charge < -0.3 is 19.3 Å². The Morgan fingerprint density at radius 2 is 1.93 bits per heavy atom. The maximum absolute atomic E-state index is 13.1. The van der Waals surface area contributed by atoms with Crippen LogP contribution in [0, 0.1) is 0 Å². The van der Waals surface area contributed by atoms with E-state index in [1.165, 1.54) is 12.3 Å². The number of carbonyl (C=O) groups is 1. The summed E-state index contributed by atoms with van der Waals surface area (Å²) < 4.78 is 33.1. The predicted molar refractivity (Wildman–Crippen MR) is 155 cm³/mol. The first-order valence-corrected chi connectivity index (χ1v) is 14.9. The zero-order valence-electron chi connectivity index (χ0n) is 21.2. The first-order valence-electron chi connectivity index (χ1n) is 12.2. The van der Waals surface area contributed by atoms with Crippen molar-refractivity contribution in [3.05, 3.63) is 86.8 Å². The van der Waals surface area contributed by atoms with Crippen LogP contribution in [0.5, 0.6) is 5.88 Å². The number of pyridine rings is 2. The predicted octanol–water partition coefficient (Wildman–Crippen LogP) is 4.81. The Kier molecular flexibility index (Phi) is 7.63. The van der Waals surface area contributed by atoms with E-state index in [9.17, 15) is 23.1 Å². The fraction of sp³-hybridized carbons (Fsp3) is 0.222. The second-order valence-electron chi connectivity index (χ2n) is 9.38. The lowest BCUT2D eigenvalue weighted by Crippen LogP contribution is -2.34. The van der Waals surface area contributed by atoms with Gasteiger partial charge in [0.25, 0.3) is 0 Å². The number of ether oxygens (including phenoxy) is 1. The van der Waals surface area contributed by atoms with Gasteiger partial charge in [0.2, 0.25) is 21.3 Å². The topological polar surface area (TPSA) is 131 Å². The number of benzene rings is 2. The third kappa shape index (κ3) is 5.72. The van der Waals surface area contributed by atoms with Gasteiger partial charge in [-0.1, -0.05) is 23.2 Å². The number of sulfonamides is 1. The van der Waals surface area contributed by atoms with Crippen LogP contribution in [-0.4, -0.2) is 54.5 Å². The number of nitrogens with one attached hydrogen (secondary N) is 1. The molecule has 5 rings (SSSR count). The highest BCUT2D eigenvalue weighted by Gasteiger charge is 2.28. The van der Waals surface area contributed by atoms with Gasteiger partial charge in [-0.05, 0) is 61.4 Å². The summed E-state index contributed by atoms with van der Waals surface area (Å²) in [5, 5.41) is 10.6. The van der Waals surface area contributed by atoms with Gasteiger partial charge in [0.1, 0.15) is 17.2 Å². The number of hydrogen-bond donors (Lipinski definition) is 2. The summed E-state index contributed by atoms with van der Waals surface area (Å²) in [6.07, 6.45) is 5.62. The normalized spacial score (nSPS) is 15.4. The van der Waals surface area contributed by atoms with Crippen LogP contribution in [0.3, 0.4) is 0 Å². The molecule has 0 saturated carbocycles. The summed E-state index contributed by atoms with van der Waals surface area (Å²) in [7, 11) is -3.48. The number of carboxylic acids is 1. The van der Waals surface area contributed by atoms with Gasteiger partial charge >= 0.3 is 5.97 Å². The molecule has 4 aromatic rings. The van der Waals surface area contributed by atoms with Crippen molar-refractivity contribution in [2.24, 2.45) is 0 Å². The average molecular weight is 603 g/mol. The molecule has 2 N–H and O–H groups in total. The van der Waals surface area contributed by atoms with Crippen molar-refractivity contribution in [1.82, 2.24) is 9.55 Å². The maximum Gasteiger partial charge on any atom is 0.341 e. The molecule has 0 spiro atoms. The molecule has 13 heteroatoms. The lowest BCUT2D eigenvalue weighted by Gasteiger charge is -2.28. The van der Waals surface area contributed by atoms with E-state index in [4.69, 9.17) is 27.9 Å². The molecule has 0 aliphatic carbocycles. The molecule has 0 radical (unpaired) electrons. The van der Waals surface area contributed by atoms with Crippen molar-refractivity contribution in [1.29, 1.82) is 0 Å². The Morgan fingerprint density at radius 3 is 2.60 bits per heavy atom. The van der Waals surface area contributed by atoms with Crippen molar-refractivity contribution in [3.63, 3.8) is 0 Å². The number of fused-ring (bicyclic) bond motifs is 1. The lowest BCUT2D eigenvalue weighted by atomic mass is 10.1. The Bertz CT molecular complexity index is 1780. The molecule has 2 aromatic carbocycles. The summed E-state index contributed by atoms with van der Waals surface area (Å²) in [6, 6.07) is 13.0. The van der Waals surface area contributed by atoms with E-state index in [1.54, 1.807) is 53.2 Å². The second kappa shape index (κ2) is 11.0. The third-order valence-corrected chi connectivity index (χ3v) is 7.77. The molecule has 0 bridgehead atoms. The summed E-state index contributed by atoms with van der Waals surface area (Å²) in [5.41, 5.74) is 0.886. The van der Waals surface area contributed by atoms with Crippen LogP contribution in [-0.2, 0) is 10.0 Å². The minimum atomic E-state index is -3.48. The highest BCUT2D eigenvalue weighted by molar-refractivity contribution is 7.92. The van der Waals surface area contributed by atoms with Crippen LogP contribution >= 0.6 is 23.2 Å². The molecule has 1 aliphatic rings. The number of carboxylic acid groups (broad SMARTS) is 1. The van der Waals surface area contributed by atoms with Gasteiger partial charge in [0.15, 0.2) is 0 Å². The number of aromatic carboxylic acids is 1. The van der Waals surface area contributed by atoms with Crippen LogP contribution < -0.4 is 19.8 Å². The number of aromatic nitrogens is 2. The van der Waals surface area contributed by atoms with Crippen molar-refractivity contribution in [3.8, 4) is 11.6 Å². The third-order valence-electron chi connectivity index (χ3n) is 6.57. The SMILES string of the molecule is CS(=O)(=O)Nc1ccc(-n2cc(C(=O)O)c(=O)c3cc(Cl)c(N4CCC[C@@H]4COc4ncccc4Cl)cc32)cc1. The fourth-order valence-corrected chi connectivity index (χ4v) is 5.82. The average Bonchev–Trinajstić information content (AvgIpc) is 3.36. The van der Waals surface area contributed by atoms with E-state index in [-0.39, 0.29) is 11.4 Å². The van der Waals surface area contributed by atoms with Gasteiger partial charge in [-0.25, -0.2) is 18.2 Å². The Morgan fingerprint density at radius 1 is 1.18 bits per heavy atom. The second-order valence-corrected chi connectivity index (χ2v) is 11.9. The Labute approximate surface area is 239 Å². The van der Waals surface area contributed by atoms with Gasteiger partial charge in [0.05, 0.1) is 28.5 Å².